The fourth-order valence-electron chi connectivity index (χ4n) is 2.37. The Kier molecular flexibility index (Phi) is 5.50. The molecule has 3 nitrogen and oxygen atoms in total. The molecule has 0 aliphatic heterocycles. The maximum atomic E-state index is 10.9. The van der Waals surface area contributed by atoms with Crippen molar-refractivity contribution in [1.82, 2.24) is 0 Å². The van der Waals surface area contributed by atoms with E-state index in [4.69, 9.17) is 0 Å². The van der Waals surface area contributed by atoms with Gasteiger partial charge in [-0.25, -0.2) is 0 Å². The third-order valence-corrected chi connectivity index (χ3v) is 3.18. The largest absolute Gasteiger partial charge is 0.259 e. The van der Waals surface area contributed by atoms with Crippen LogP contribution in [0.1, 0.15) is 58.8 Å². The van der Waals surface area contributed by atoms with Crippen molar-refractivity contribution in [1.29, 1.82) is 0 Å². The molecule has 0 saturated heterocycles. The van der Waals surface area contributed by atoms with Gasteiger partial charge in [0.05, 0.1) is 4.92 Å². The van der Waals surface area contributed by atoms with E-state index in [0.29, 0.717) is 24.0 Å². The summed E-state index contributed by atoms with van der Waals surface area (Å²) in [6, 6.07) is 0. The predicted octanol–water partition coefficient (Wildman–Crippen LogP) is 4.16. The third kappa shape index (κ3) is 4.77. The maximum Gasteiger partial charge on any atom is 0.242 e. The van der Waals surface area contributed by atoms with Crippen LogP contribution in [0.3, 0.4) is 0 Å². The van der Waals surface area contributed by atoms with Gasteiger partial charge < -0.3 is 0 Å². The molecule has 0 unspecified atom stereocenters. The Balaban J connectivity index is 2.63. The SMILES string of the molecule is CC(C)CC(=CC1CCCCCC1)[N+](=O)[O-]. The van der Waals surface area contributed by atoms with Gasteiger partial charge in [-0.15, -0.1) is 0 Å². The summed E-state index contributed by atoms with van der Waals surface area (Å²) in [7, 11) is 0. The highest BCUT2D eigenvalue weighted by molar-refractivity contribution is 4.97. The molecule has 0 N–H and O–H groups in total. The van der Waals surface area contributed by atoms with E-state index in [1.54, 1.807) is 0 Å². The van der Waals surface area contributed by atoms with Crippen molar-refractivity contribution >= 4 is 0 Å². The topological polar surface area (TPSA) is 43.1 Å². The molecular formula is C13H23NO2. The van der Waals surface area contributed by atoms with E-state index in [1.807, 2.05) is 19.9 Å². The molecule has 0 amide bonds. The summed E-state index contributed by atoms with van der Waals surface area (Å²) < 4.78 is 0. The molecule has 1 rings (SSSR count). The summed E-state index contributed by atoms with van der Waals surface area (Å²) in [4.78, 5) is 10.7. The molecular weight excluding hydrogens is 202 g/mol. The molecule has 92 valence electrons. The molecule has 1 fully saturated rings. The highest BCUT2D eigenvalue weighted by Gasteiger charge is 2.17. The second kappa shape index (κ2) is 6.66. The van der Waals surface area contributed by atoms with Crippen molar-refractivity contribution in [2.24, 2.45) is 11.8 Å². The first-order valence-corrected chi connectivity index (χ1v) is 6.44. The van der Waals surface area contributed by atoms with Gasteiger partial charge >= 0.3 is 0 Å². The molecule has 0 aromatic carbocycles. The Morgan fingerprint density at radius 2 is 1.88 bits per heavy atom. The number of hydrogen-bond donors (Lipinski definition) is 0. The van der Waals surface area contributed by atoms with Gasteiger partial charge in [-0.3, -0.25) is 10.1 Å². The highest BCUT2D eigenvalue weighted by atomic mass is 16.6. The van der Waals surface area contributed by atoms with Gasteiger partial charge in [0, 0.05) is 6.42 Å². The van der Waals surface area contributed by atoms with E-state index >= 15 is 0 Å². The lowest BCUT2D eigenvalue weighted by molar-refractivity contribution is -0.429. The standard InChI is InChI=1S/C13H23NO2/c1-11(2)9-13(14(15)16)10-12-7-5-3-4-6-8-12/h10-12H,3-9H2,1-2H3. The van der Waals surface area contributed by atoms with Crippen LogP contribution in [-0.2, 0) is 0 Å². The Labute approximate surface area is 98.1 Å². The minimum absolute atomic E-state index is 0.190. The van der Waals surface area contributed by atoms with Gasteiger partial charge in [-0.1, -0.05) is 39.5 Å². The second-order valence-corrected chi connectivity index (χ2v) is 5.26. The Morgan fingerprint density at radius 1 is 1.31 bits per heavy atom. The van der Waals surface area contributed by atoms with E-state index in [-0.39, 0.29) is 4.92 Å². The minimum Gasteiger partial charge on any atom is -0.259 e. The first-order valence-electron chi connectivity index (χ1n) is 6.44. The van der Waals surface area contributed by atoms with Crippen LogP contribution in [0.15, 0.2) is 11.8 Å². The molecule has 1 aliphatic rings. The van der Waals surface area contributed by atoms with Gasteiger partial charge in [0.15, 0.2) is 0 Å². The van der Waals surface area contributed by atoms with Gasteiger partial charge in [-0.05, 0) is 30.8 Å². The van der Waals surface area contributed by atoms with Crippen LogP contribution in [0.5, 0.6) is 0 Å². The van der Waals surface area contributed by atoms with E-state index in [1.165, 1.54) is 25.7 Å². The molecule has 1 aliphatic carbocycles. The fraction of sp³-hybridized carbons (Fsp3) is 0.846. The molecule has 3 heteroatoms. The zero-order valence-electron chi connectivity index (χ0n) is 10.4. The number of hydrogen-bond acceptors (Lipinski definition) is 2. The second-order valence-electron chi connectivity index (χ2n) is 5.26. The molecule has 16 heavy (non-hydrogen) atoms. The van der Waals surface area contributed by atoms with E-state index < -0.39 is 0 Å². The quantitative estimate of drug-likeness (QED) is 0.409. The molecule has 0 atom stereocenters. The van der Waals surface area contributed by atoms with Crippen molar-refractivity contribution in [3.63, 3.8) is 0 Å². The maximum absolute atomic E-state index is 10.9. The molecule has 0 bridgehead atoms. The smallest absolute Gasteiger partial charge is 0.242 e. The number of rotatable bonds is 4. The Morgan fingerprint density at radius 3 is 2.31 bits per heavy atom. The number of nitrogens with zero attached hydrogens (tertiary/aromatic N) is 1. The van der Waals surface area contributed by atoms with E-state index in [2.05, 4.69) is 0 Å². The van der Waals surface area contributed by atoms with Gasteiger partial charge in [0.25, 0.3) is 0 Å². The van der Waals surface area contributed by atoms with E-state index in [9.17, 15) is 10.1 Å². The van der Waals surface area contributed by atoms with Crippen molar-refractivity contribution in [3.8, 4) is 0 Å². The normalized spacial score (nSPS) is 19.8. The van der Waals surface area contributed by atoms with E-state index in [0.717, 1.165) is 12.8 Å². The lowest BCUT2D eigenvalue weighted by atomic mass is 9.97. The third-order valence-electron chi connectivity index (χ3n) is 3.18. The van der Waals surface area contributed by atoms with Crippen LogP contribution in [0.2, 0.25) is 0 Å². The summed E-state index contributed by atoms with van der Waals surface area (Å²) in [5.41, 5.74) is 0.432. The average Bonchev–Trinajstić information content (AvgIpc) is 2.44. The minimum atomic E-state index is -0.190. The molecule has 1 saturated carbocycles. The summed E-state index contributed by atoms with van der Waals surface area (Å²) in [6.45, 7) is 4.06. The molecule has 0 spiro atoms. The summed E-state index contributed by atoms with van der Waals surface area (Å²) in [5.74, 6) is 0.809. The van der Waals surface area contributed by atoms with Gasteiger partial charge in [0.2, 0.25) is 5.70 Å². The first-order chi connectivity index (χ1) is 7.59. The van der Waals surface area contributed by atoms with Crippen LogP contribution in [0.25, 0.3) is 0 Å². The molecule has 0 aromatic rings. The zero-order chi connectivity index (χ0) is 12.0. The zero-order valence-corrected chi connectivity index (χ0v) is 10.4. The monoisotopic (exact) mass is 225 g/mol. The highest BCUT2D eigenvalue weighted by Crippen LogP contribution is 2.26. The number of allylic oxidation sites excluding steroid dienone is 2. The molecule has 0 heterocycles. The van der Waals surface area contributed by atoms with Crippen molar-refractivity contribution in [2.75, 3.05) is 0 Å². The fourth-order valence-corrected chi connectivity index (χ4v) is 2.37. The average molecular weight is 225 g/mol. The molecule has 0 radical (unpaired) electrons. The predicted molar refractivity (Wildman–Crippen MR) is 65.7 cm³/mol. The lowest BCUT2D eigenvalue weighted by Gasteiger charge is -2.09. The van der Waals surface area contributed by atoms with Crippen LogP contribution in [0, 0.1) is 22.0 Å². The summed E-state index contributed by atoms with van der Waals surface area (Å²) in [6.07, 6.45) is 9.85. The Bertz CT molecular complexity index is 251. The van der Waals surface area contributed by atoms with Gasteiger partial charge in [-0.2, -0.15) is 0 Å². The number of nitro groups is 1. The summed E-state index contributed by atoms with van der Waals surface area (Å²) >= 11 is 0. The van der Waals surface area contributed by atoms with Crippen molar-refractivity contribution in [3.05, 3.63) is 21.9 Å². The van der Waals surface area contributed by atoms with Crippen molar-refractivity contribution < 1.29 is 4.92 Å². The van der Waals surface area contributed by atoms with Crippen molar-refractivity contribution in [2.45, 2.75) is 58.8 Å². The summed E-state index contributed by atoms with van der Waals surface area (Å²) in [5, 5.41) is 10.9. The Hall–Kier alpha value is -0.860. The van der Waals surface area contributed by atoms with Crippen LogP contribution >= 0.6 is 0 Å². The first kappa shape index (κ1) is 13.2. The molecule has 0 aromatic heterocycles. The van der Waals surface area contributed by atoms with Crippen LogP contribution < -0.4 is 0 Å². The van der Waals surface area contributed by atoms with Crippen LogP contribution in [0.4, 0.5) is 0 Å². The van der Waals surface area contributed by atoms with Gasteiger partial charge in [0.1, 0.15) is 0 Å². The lowest BCUT2D eigenvalue weighted by Crippen LogP contribution is -2.06. The van der Waals surface area contributed by atoms with Crippen LogP contribution in [-0.4, -0.2) is 4.92 Å².